The maximum absolute atomic E-state index is 7.17. The fraction of sp³-hybridized carbons (Fsp3) is 1.00. The van der Waals surface area contributed by atoms with Crippen LogP contribution in [0.15, 0.2) is 0 Å². The fourth-order valence-electron chi connectivity index (χ4n) is 0.790. The summed E-state index contributed by atoms with van der Waals surface area (Å²) >= 11 is 0. The van der Waals surface area contributed by atoms with Crippen LogP contribution >= 0.6 is 0 Å². The Bertz CT molecular complexity index is 57.1. The van der Waals surface area contributed by atoms with Crippen molar-refractivity contribution < 1.29 is 1.41 Å². The molecule has 0 radical (unpaired) electrons. The predicted molar refractivity (Wildman–Crippen MR) is 26.7 cm³/mol. The van der Waals surface area contributed by atoms with Crippen LogP contribution in [0.3, 0.4) is 0 Å². The molecule has 0 aromatic heterocycles. The summed E-state index contributed by atoms with van der Waals surface area (Å²) in [6.45, 7) is 3.07. The molecule has 0 aliphatic carbocycles. The van der Waals surface area contributed by atoms with Gasteiger partial charge in [0.05, 0.1) is 0 Å². The Balaban J connectivity index is 2.33. The normalized spacial score (nSPS) is 40.2. The Hall–Kier alpha value is -0.0400. The molecule has 6 heavy (non-hydrogen) atoms. The van der Waals surface area contributed by atoms with Crippen LogP contribution in [0.25, 0.3) is 0 Å². The lowest BCUT2D eigenvalue weighted by molar-refractivity contribution is 0.664. The summed E-state index contributed by atoms with van der Waals surface area (Å²) in [6, 6.07) is 0.514. The molecule has 1 heteroatoms. The number of hydrogen-bond acceptors (Lipinski definition) is 1. The van der Waals surface area contributed by atoms with Crippen LogP contribution in [-0.2, 0) is 0 Å². The zero-order valence-electron chi connectivity index (χ0n) is 5.15. The van der Waals surface area contributed by atoms with Gasteiger partial charge in [-0.2, -0.15) is 0 Å². The smallest absolute Gasteiger partial charge is 0.122 e. The van der Waals surface area contributed by atoms with Gasteiger partial charge in [0.15, 0.2) is 0 Å². The van der Waals surface area contributed by atoms with Gasteiger partial charge in [-0.3, -0.25) is 0 Å². The second kappa shape index (κ2) is 1.61. The first-order valence-electron chi connectivity index (χ1n) is 3.01. The Morgan fingerprint density at radius 2 is 2.83 bits per heavy atom. The van der Waals surface area contributed by atoms with Gasteiger partial charge in [-0.05, 0) is 26.3 Å². The molecule has 1 rings (SSSR count). The topological polar surface area (TPSA) is 12.0 Å². The SMILES string of the molecule is [2H]N1CCCC1C. The van der Waals surface area contributed by atoms with Crippen molar-refractivity contribution in [2.45, 2.75) is 25.8 Å². The Kier molecular flexibility index (Phi) is 0.810. The van der Waals surface area contributed by atoms with Gasteiger partial charge in [0, 0.05) is 6.04 Å². The molecule has 1 fully saturated rings. The molecule has 1 unspecified atom stereocenters. The first-order chi connectivity index (χ1) is 3.30. The molecule has 36 valence electrons. The summed E-state index contributed by atoms with van der Waals surface area (Å²) in [6.07, 6.45) is 2.42. The van der Waals surface area contributed by atoms with E-state index in [2.05, 4.69) is 6.92 Å². The summed E-state index contributed by atoms with van der Waals surface area (Å²) in [5.74, 6) is 0. The second-order valence-electron chi connectivity index (χ2n) is 1.90. The third kappa shape index (κ3) is 0.716. The van der Waals surface area contributed by atoms with Gasteiger partial charge in [-0.25, -0.2) is 0 Å². The fourth-order valence-corrected chi connectivity index (χ4v) is 0.790. The third-order valence-electron chi connectivity index (χ3n) is 1.22. The van der Waals surface area contributed by atoms with Crippen molar-refractivity contribution in [3.63, 3.8) is 0 Å². The molecule has 1 aliphatic heterocycles. The Morgan fingerprint density at radius 3 is 3.00 bits per heavy atom. The third-order valence-corrected chi connectivity index (χ3v) is 1.22. The monoisotopic (exact) mass is 86.1 g/mol. The summed E-state index contributed by atoms with van der Waals surface area (Å²) in [5, 5.41) is 1.65. The van der Waals surface area contributed by atoms with Crippen molar-refractivity contribution in [2.24, 2.45) is 0 Å². The van der Waals surface area contributed by atoms with E-state index in [-0.39, 0.29) is 0 Å². The molecule has 0 amide bonds. The maximum atomic E-state index is 7.17. The van der Waals surface area contributed by atoms with Crippen LogP contribution in [0.5, 0.6) is 0 Å². The van der Waals surface area contributed by atoms with Crippen LogP contribution in [0, 0.1) is 0 Å². The van der Waals surface area contributed by atoms with Gasteiger partial charge in [-0.1, -0.05) is 0 Å². The predicted octanol–water partition coefficient (Wildman–Crippen LogP) is 0.758. The molecule has 0 aromatic carbocycles. The molecule has 1 aliphatic rings. The summed E-state index contributed by atoms with van der Waals surface area (Å²) < 4.78 is 7.17. The number of nitrogens with one attached hydrogen (secondary N) is 1. The highest BCUT2D eigenvalue weighted by Crippen LogP contribution is 2.01. The second-order valence-corrected chi connectivity index (χ2v) is 1.90. The van der Waals surface area contributed by atoms with E-state index in [1.807, 2.05) is 0 Å². The molecule has 0 bridgehead atoms. The van der Waals surface area contributed by atoms with Gasteiger partial charge in [0.25, 0.3) is 0 Å². The largest absolute Gasteiger partial charge is 0.314 e. The van der Waals surface area contributed by atoms with Gasteiger partial charge in [0.2, 0.25) is 0 Å². The quantitative estimate of drug-likeness (QED) is 0.459. The van der Waals surface area contributed by atoms with Crippen molar-refractivity contribution in [1.29, 1.82) is 0 Å². The van der Waals surface area contributed by atoms with E-state index in [1.54, 1.807) is 5.31 Å². The lowest BCUT2D eigenvalue weighted by atomic mass is 10.3. The van der Waals surface area contributed by atoms with E-state index in [9.17, 15) is 0 Å². The molecule has 0 aromatic rings. The highest BCUT2D eigenvalue weighted by molar-refractivity contribution is 4.67. The van der Waals surface area contributed by atoms with Crippen LogP contribution < -0.4 is 5.31 Å². The minimum absolute atomic E-state index is 0.514. The summed E-state index contributed by atoms with van der Waals surface area (Å²) in [4.78, 5) is 0. The van der Waals surface area contributed by atoms with Crippen molar-refractivity contribution in [3.05, 3.63) is 0 Å². The lowest BCUT2D eigenvalue weighted by Gasteiger charge is -1.95. The van der Waals surface area contributed by atoms with Crippen molar-refractivity contribution in [3.8, 4) is 0 Å². The van der Waals surface area contributed by atoms with Gasteiger partial charge < -0.3 is 5.31 Å². The highest BCUT2D eigenvalue weighted by atomic mass is 14.9. The lowest BCUT2D eigenvalue weighted by Crippen LogP contribution is -2.16. The van der Waals surface area contributed by atoms with Crippen molar-refractivity contribution in [2.75, 3.05) is 6.54 Å². The average molecular weight is 86.2 g/mol. The number of rotatable bonds is 0. The first kappa shape index (κ1) is 3.03. The maximum Gasteiger partial charge on any atom is 0.122 e. The van der Waals surface area contributed by atoms with Crippen LogP contribution in [-0.4, -0.2) is 12.6 Å². The zero-order valence-corrected chi connectivity index (χ0v) is 4.15. The molecule has 0 saturated carbocycles. The minimum Gasteiger partial charge on any atom is -0.314 e. The van der Waals surface area contributed by atoms with Crippen molar-refractivity contribution >= 4 is 0 Å². The van der Waals surface area contributed by atoms with Gasteiger partial charge in [0.1, 0.15) is 1.41 Å². The Labute approximate surface area is 40.2 Å². The standard InChI is InChI=1S/C5H11N/c1-5-3-2-4-6-5/h5-6H,2-4H2,1H3/i/hD. The zero-order chi connectivity index (χ0) is 5.28. The molecule has 1 N–H and O–H groups in total. The van der Waals surface area contributed by atoms with E-state index in [0.717, 1.165) is 6.54 Å². The molecule has 0 spiro atoms. The summed E-state index contributed by atoms with van der Waals surface area (Å²) in [7, 11) is 0. The molecule has 1 nitrogen and oxygen atoms in total. The average Bonchev–Trinajstić information content (AvgIpc) is 1.91. The number of hydrogen-bond donors (Lipinski definition) is 1. The molecular weight excluding hydrogens is 74.1 g/mol. The first-order valence-corrected chi connectivity index (χ1v) is 2.56. The highest BCUT2D eigenvalue weighted by Gasteiger charge is 2.05. The Morgan fingerprint density at radius 1 is 2.00 bits per heavy atom. The van der Waals surface area contributed by atoms with Gasteiger partial charge >= 0.3 is 0 Å². The molecule has 1 atom stereocenters. The van der Waals surface area contributed by atoms with Crippen LogP contribution in [0.4, 0.5) is 0 Å². The molecular formula is C5H11N. The van der Waals surface area contributed by atoms with E-state index in [1.165, 1.54) is 12.8 Å². The van der Waals surface area contributed by atoms with E-state index < -0.39 is 0 Å². The minimum atomic E-state index is 0.514. The molecule has 1 saturated heterocycles. The van der Waals surface area contributed by atoms with E-state index in [4.69, 9.17) is 1.41 Å². The van der Waals surface area contributed by atoms with Gasteiger partial charge in [-0.15, -0.1) is 0 Å². The van der Waals surface area contributed by atoms with E-state index in [0.29, 0.717) is 6.04 Å². The van der Waals surface area contributed by atoms with Crippen LogP contribution in [0.2, 0.25) is 1.41 Å². The van der Waals surface area contributed by atoms with Crippen LogP contribution in [0.1, 0.15) is 19.8 Å². The molecule has 1 heterocycles. The van der Waals surface area contributed by atoms with E-state index >= 15 is 0 Å². The summed E-state index contributed by atoms with van der Waals surface area (Å²) in [5.41, 5.74) is 0. The van der Waals surface area contributed by atoms with Crippen molar-refractivity contribution in [1.82, 2.24) is 5.31 Å².